The second-order valence-corrected chi connectivity index (χ2v) is 10.9. The number of carbonyl (C=O) groups excluding carboxylic acids is 3. The highest BCUT2D eigenvalue weighted by Gasteiger charge is 2.36. The Balaban J connectivity index is 1.32. The Labute approximate surface area is 248 Å². The van der Waals surface area contributed by atoms with Crippen molar-refractivity contribution in [2.24, 2.45) is 0 Å². The zero-order valence-electron chi connectivity index (χ0n) is 21.9. The fourth-order valence-electron chi connectivity index (χ4n) is 4.30. The Morgan fingerprint density at radius 3 is 2.56 bits per heavy atom. The number of carbonyl (C=O) groups is 3. The lowest BCUT2D eigenvalue weighted by Crippen LogP contribution is -2.36. The van der Waals surface area contributed by atoms with E-state index in [1.165, 1.54) is 18.2 Å². The van der Waals surface area contributed by atoms with Gasteiger partial charge in [0.1, 0.15) is 19.0 Å². The van der Waals surface area contributed by atoms with Crippen LogP contribution in [-0.4, -0.2) is 35.1 Å². The van der Waals surface area contributed by atoms with Crippen LogP contribution in [0.4, 0.5) is 14.9 Å². The van der Waals surface area contributed by atoms with Crippen molar-refractivity contribution < 1.29 is 28.2 Å². The summed E-state index contributed by atoms with van der Waals surface area (Å²) in [4.78, 5) is 39.0. The first kappa shape index (κ1) is 28.4. The van der Waals surface area contributed by atoms with Crippen LogP contribution >= 0.6 is 27.7 Å². The Kier molecular flexibility index (Phi) is 8.70. The van der Waals surface area contributed by atoms with E-state index in [2.05, 4.69) is 27.3 Å². The molecular formula is C31H24BrFN2O5S. The summed E-state index contributed by atoms with van der Waals surface area (Å²) in [6, 6.07) is 23.0. The summed E-state index contributed by atoms with van der Waals surface area (Å²) < 4.78 is 26.0. The van der Waals surface area contributed by atoms with Gasteiger partial charge in [0.05, 0.1) is 11.5 Å². The van der Waals surface area contributed by atoms with Gasteiger partial charge < -0.3 is 14.8 Å². The molecule has 7 nitrogen and oxygen atoms in total. The normalized spacial score (nSPS) is 14.1. The van der Waals surface area contributed by atoms with Crippen LogP contribution in [0.3, 0.4) is 0 Å². The molecule has 0 saturated carbocycles. The van der Waals surface area contributed by atoms with Crippen molar-refractivity contribution in [3.05, 3.63) is 105 Å². The lowest BCUT2D eigenvalue weighted by Gasteiger charge is -2.15. The van der Waals surface area contributed by atoms with Gasteiger partial charge in [-0.3, -0.25) is 19.3 Å². The molecule has 10 heteroatoms. The molecule has 0 unspecified atom stereocenters. The molecule has 4 aromatic rings. The average molecular weight is 636 g/mol. The summed E-state index contributed by atoms with van der Waals surface area (Å²) in [5, 5.41) is 4.14. The van der Waals surface area contributed by atoms with Gasteiger partial charge in [-0.15, -0.1) is 0 Å². The number of halogens is 2. The molecule has 1 aliphatic heterocycles. The number of imide groups is 1. The smallest absolute Gasteiger partial charge is 0.294 e. The van der Waals surface area contributed by atoms with Gasteiger partial charge in [0.2, 0.25) is 5.91 Å². The van der Waals surface area contributed by atoms with Crippen LogP contribution in [0.25, 0.3) is 16.8 Å². The molecule has 0 aromatic heterocycles. The minimum atomic E-state index is -0.619. The first-order chi connectivity index (χ1) is 19.8. The molecular weight excluding hydrogens is 611 g/mol. The van der Waals surface area contributed by atoms with Crippen LogP contribution < -0.4 is 14.8 Å². The minimum Gasteiger partial charge on any atom is -0.490 e. The standard InChI is InChI=1S/C31H24BrFN2O5S/c1-2-39-26-13-21(25(32)16-27(26)40-18-20-9-5-8-19-7-3-4-12-24(19)20)14-28-30(37)35(31(38)41-28)17-29(36)34-23-11-6-10-22(33)15-23/h3-16H,2,17-18H2,1H3,(H,34,36)/b28-14+. The van der Waals surface area contributed by atoms with Crippen molar-refractivity contribution in [2.45, 2.75) is 13.5 Å². The van der Waals surface area contributed by atoms with Gasteiger partial charge in [0.25, 0.3) is 11.1 Å². The molecule has 3 amide bonds. The number of fused-ring (bicyclic) bond motifs is 1. The maximum absolute atomic E-state index is 13.4. The molecule has 1 fully saturated rings. The average Bonchev–Trinajstić information content (AvgIpc) is 3.21. The largest absolute Gasteiger partial charge is 0.490 e. The monoisotopic (exact) mass is 634 g/mol. The number of benzene rings is 4. The molecule has 5 rings (SSSR count). The predicted molar refractivity (Wildman–Crippen MR) is 161 cm³/mol. The molecule has 0 bridgehead atoms. The summed E-state index contributed by atoms with van der Waals surface area (Å²) in [5.41, 5.74) is 1.86. The summed E-state index contributed by atoms with van der Waals surface area (Å²) in [6.45, 7) is 2.08. The Morgan fingerprint density at radius 1 is 1.00 bits per heavy atom. The van der Waals surface area contributed by atoms with Crippen molar-refractivity contribution in [1.29, 1.82) is 0 Å². The second kappa shape index (κ2) is 12.6. The van der Waals surface area contributed by atoms with E-state index in [0.29, 0.717) is 34.7 Å². The van der Waals surface area contributed by atoms with E-state index < -0.39 is 29.4 Å². The lowest BCUT2D eigenvalue weighted by molar-refractivity contribution is -0.127. The summed E-state index contributed by atoms with van der Waals surface area (Å²) in [7, 11) is 0. The number of hydrogen-bond acceptors (Lipinski definition) is 6. The van der Waals surface area contributed by atoms with E-state index >= 15 is 0 Å². The molecule has 0 radical (unpaired) electrons. The quantitative estimate of drug-likeness (QED) is 0.193. The molecule has 1 N–H and O–H groups in total. The molecule has 0 aliphatic carbocycles. The number of nitrogens with one attached hydrogen (secondary N) is 1. The fraction of sp³-hybridized carbons (Fsp3) is 0.129. The predicted octanol–water partition coefficient (Wildman–Crippen LogP) is 7.39. The Hall–Kier alpha value is -4.15. The minimum absolute atomic E-state index is 0.154. The van der Waals surface area contributed by atoms with Crippen LogP contribution in [0.15, 0.2) is 88.2 Å². The van der Waals surface area contributed by atoms with Crippen molar-refractivity contribution in [1.82, 2.24) is 4.90 Å². The van der Waals surface area contributed by atoms with E-state index in [1.807, 2.05) is 43.3 Å². The number of ether oxygens (including phenoxy) is 2. The zero-order valence-corrected chi connectivity index (χ0v) is 24.3. The van der Waals surface area contributed by atoms with Crippen molar-refractivity contribution in [3.63, 3.8) is 0 Å². The van der Waals surface area contributed by atoms with E-state index in [4.69, 9.17) is 9.47 Å². The lowest BCUT2D eigenvalue weighted by atomic mass is 10.1. The van der Waals surface area contributed by atoms with E-state index in [-0.39, 0.29) is 10.6 Å². The van der Waals surface area contributed by atoms with Crippen LogP contribution in [0.2, 0.25) is 0 Å². The molecule has 4 aromatic carbocycles. The highest BCUT2D eigenvalue weighted by atomic mass is 79.9. The molecule has 1 saturated heterocycles. The number of amides is 3. The number of anilines is 1. The third-order valence-electron chi connectivity index (χ3n) is 6.20. The van der Waals surface area contributed by atoms with Gasteiger partial charge in [-0.05, 0) is 77.0 Å². The molecule has 0 atom stereocenters. The number of hydrogen-bond donors (Lipinski definition) is 1. The van der Waals surface area contributed by atoms with Gasteiger partial charge in [-0.25, -0.2) is 4.39 Å². The van der Waals surface area contributed by atoms with Crippen LogP contribution in [0.1, 0.15) is 18.1 Å². The Morgan fingerprint density at radius 2 is 1.76 bits per heavy atom. The van der Waals surface area contributed by atoms with Gasteiger partial charge in [0, 0.05) is 10.2 Å². The van der Waals surface area contributed by atoms with Gasteiger partial charge in [-0.2, -0.15) is 0 Å². The van der Waals surface area contributed by atoms with Crippen molar-refractivity contribution in [2.75, 3.05) is 18.5 Å². The summed E-state index contributed by atoms with van der Waals surface area (Å²) in [5.74, 6) is -0.733. The molecule has 41 heavy (non-hydrogen) atoms. The van der Waals surface area contributed by atoms with Crippen molar-refractivity contribution >= 4 is 67.3 Å². The van der Waals surface area contributed by atoms with Gasteiger partial charge >= 0.3 is 0 Å². The first-order valence-electron chi connectivity index (χ1n) is 12.7. The third kappa shape index (κ3) is 6.61. The maximum Gasteiger partial charge on any atom is 0.294 e. The second-order valence-electron chi connectivity index (χ2n) is 9.01. The van der Waals surface area contributed by atoms with E-state index in [0.717, 1.165) is 39.1 Å². The summed E-state index contributed by atoms with van der Waals surface area (Å²) >= 11 is 4.28. The topological polar surface area (TPSA) is 84.9 Å². The SMILES string of the molecule is CCOc1cc(/C=C2/SC(=O)N(CC(=O)Nc3cccc(F)c3)C2=O)c(Br)cc1OCc1cccc2ccccc12. The van der Waals surface area contributed by atoms with Gasteiger partial charge in [0.15, 0.2) is 11.5 Å². The number of rotatable bonds is 9. The zero-order chi connectivity index (χ0) is 28.9. The fourth-order valence-corrected chi connectivity index (χ4v) is 5.57. The van der Waals surface area contributed by atoms with Crippen LogP contribution in [0.5, 0.6) is 11.5 Å². The molecule has 1 heterocycles. The van der Waals surface area contributed by atoms with E-state index in [9.17, 15) is 18.8 Å². The summed E-state index contributed by atoms with van der Waals surface area (Å²) in [6.07, 6.45) is 1.57. The van der Waals surface area contributed by atoms with Crippen molar-refractivity contribution in [3.8, 4) is 11.5 Å². The maximum atomic E-state index is 13.4. The van der Waals surface area contributed by atoms with Crippen LogP contribution in [0, 0.1) is 5.82 Å². The first-order valence-corrected chi connectivity index (χ1v) is 14.3. The highest BCUT2D eigenvalue weighted by molar-refractivity contribution is 9.10. The third-order valence-corrected chi connectivity index (χ3v) is 7.79. The van der Waals surface area contributed by atoms with Gasteiger partial charge in [-0.1, -0.05) is 64.5 Å². The molecule has 1 aliphatic rings. The number of nitrogens with zero attached hydrogens (tertiary/aromatic N) is 1. The molecule has 208 valence electrons. The molecule has 0 spiro atoms. The Bertz CT molecular complexity index is 1690. The van der Waals surface area contributed by atoms with E-state index in [1.54, 1.807) is 18.2 Å². The highest BCUT2D eigenvalue weighted by Crippen LogP contribution is 2.38. The number of thioether (sulfide) groups is 1. The van der Waals surface area contributed by atoms with Crippen LogP contribution in [-0.2, 0) is 16.2 Å².